The predicted molar refractivity (Wildman–Crippen MR) is 122 cm³/mol. The van der Waals surface area contributed by atoms with Crippen LogP contribution in [0.5, 0.6) is 0 Å². The van der Waals surface area contributed by atoms with Crippen LogP contribution in [0.2, 0.25) is 18.1 Å². The van der Waals surface area contributed by atoms with Crippen LogP contribution in [0.1, 0.15) is 42.3 Å². The lowest BCUT2D eigenvalue weighted by molar-refractivity contribution is -0.131. The van der Waals surface area contributed by atoms with Gasteiger partial charge in [0.2, 0.25) is 5.91 Å². The number of rotatable bonds is 9. The van der Waals surface area contributed by atoms with Crippen molar-refractivity contribution < 1.29 is 19.1 Å². The molecule has 1 amide bonds. The Hall–Kier alpha value is -2.44. The molecule has 0 radical (unpaired) electrons. The largest absolute Gasteiger partial charge is 0.478 e. The topological polar surface area (TPSA) is 66.8 Å². The maximum absolute atomic E-state index is 13.1. The predicted octanol–water partition coefficient (Wildman–Crippen LogP) is 4.98. The number of nitrogens with zero attached hydrogens (tertiary/aromatic N) is 1. The molecule has 5 nitrogen and oxygen atoms in total. The summed E-state index contributed by atoms with van der Waals surface area (Å²) < 4.78 is 6.28. The van der Waals surface area contributed by atoms with Gasteiger partial charge < -0.3 is 14.4 Å². The van der Waals surface area contributed by atoms with Gasteiger partial charge >= 0.3 is 5.97 Å². The average Bonchev–Trinajstić information content (AvgIpc) is 2.67. The fourth-order valence-corrected chi connectivity index (χ4v) is 3.81. The first-order chi connectivity index (χ1) is 14.0. The van der Waals surface area contributed by atoms with E-state index in [-0.39, 0.29) is 22.9 Å². The van der Waals surface area contributed by atoms with Gasteiger partial charge in [-0.05, 0) is 41.4 Å². The Morgan fingerprint density at radius 1 is 0.967 bits per heavy atom. The summed E-state index contributed by atoms with van der Waals surface area (Å²) in [7, 11) is -1.88. The molecule has 2 aromatic rings. The Kier molecular flexibility index (Phi) is 7.98. The first-order valence-corrected chi connectivity index (χ1v) is 13.2. The number of carboxylic acid groups (broad SMARTS) is 1. The van der Waals surface area contributed by atoms with E-state index in [1.807, 2.05) is 35.2 Å². The molecule has 0 aromatic heterocycles. The summed E-state index contributed by atoms with van der Waals surface area (Å²) in [5.41, 5.74) is 2.09. The van der Waals surface area contributed by atoms with E-state index >= 15 is 0 Å². The Labute approximate surface area is 180 Å². The van der Waals surface area contributed by atoms with E-state index in [0.29, 0.717) is 19.7 Å². The number of hydrogen-bond acceptors (Lipinski definition) is 3. The van der Waals surface area contributed by atoms with Crippen LogP contribution in [0.15, 0.2) is 54.6 Å². The van der Waals surface area contributed by atoms with Crippen molar-refractivity contribution in [2.45, 2.75) is 51.9 Å². The summed E-state index contributed by atoms with van der Waals surface area (Å²) in [6, 6.07) is 16.4. The minimum atomic E-state index is -1.88. The molecule has 0 aliphatic heterocycles. The van der Waals surface area contributed by atoms with E-state index in [1.54, 1.807) is 12.1 Å². The summed E-state index contributed by atoms with van der Waals surface area (Å²) >= 11 is 0. The number of carboxylic acids is 1. The van der Waals surface area contributed by atoms with Gasteiger partial charge in [-0.1, -0.05) is 63.2 Å². The molecule has 1 N–H and O–H groups in total. The highest BCUT2D eigenvalue weighted by molar-refractivity contribution is 6.74. The van der Waals surface area contributed by atoms with Crippen LogP contribution in [-0.4, -0.2) is 43.4 Å². The molecule has 0 heterocycles. The van der Waals surface area contributed by atoms with Crippen molar-refractivity contribution in [1.82, 2.24) is 4.90 Å². The van der Waals surface area contributed by atoms with Gasteiger partial charge in [-0.15, -0.1) is 0 Å². The maximum atomic E-state index is 13.1. The summed E-state index contributed by atoms with van der Waals surface area (Å²) in [5.74, 6) is -0.970. The number of carbonyl (C=O) groups excluding carboxylic acids is 1. The van der Waals surface area contributed by atoms with Crippen LogP contribution in [0, 0.1) is 0 Å². The maximum Gasteiger partial charge on any atom is 0.335 e. The fraction of sp³-hybridized carbons (Fsp3) is 0.417. The van der Waals surface area contributed by atoms with Crippen LogP contribution in [0.4, 0.5) is 0 Å². The molecule has 162 valence electrons. The summed E-state index contributed by atoms with van der Waals surface area (Å²) in [5, 5.41) is 9.16. The van der Waals surface area contributed by atoms with E-state index in [0.717, 1.165) is 11.1 Å². The van der Waals surface area contributed by atoms with Crippen molar-refractivity contribution in [2.75, 3.05) is 13.2 Å². The molecule has 0 aliphatic rings. The third-order valence-electron chi connectivity index (χ3n) is 5.76. The molecule has 2 aromatic carbocycles. The van der Waals surface area contributed by atoms with Gasteiger partial charge in [0.25, 0.3) is 0 Å². The molecule has 0 unspecified atom stereocenters. The van der Waals surface area contributed by atoms with Gasteiger partial charge in [-0.3, -0.25) is 4.79 Å². The molecule has 0 fully saturated rings. The Morgan fingerprint density at radius 3 is 2.10 bits per heavy atom. The van der Waals surface area contributed by atoms with Crippen molar-refractivity contribution in [2.24, 2.45) is 0 Å². The van der Waals surface area contributed by atoms with Crippen molar-refractivity contribution in [3.05, 3.63) is 71.3 Å². The van der Waals surface area contributed by atoms with Gasteiger partial charge in [0.15, 0.2) is 8.32 Å². The Bertz CT molecular complexity index is 842. The van der Waals surface area contributed by atoms with Crippen LogP contribution in [0.3, 0.4) is 0 Å². The number of amides is 1. The first kappa shape index (κ1) is 23.8. The molecule has 30 heavy (non-hydrogen) atoms. The van der Waals surface area contributed by atoms with Gasteiger partial charge in [0, 0.05) is 13.1 Å². The Balaban J connectivity index is 2.08. The smallest absolute Gasteiger partial charge is 0.335 e. The van der Waals surface area contributed by atoms with E-state index in [4.69, 9.17) is 9.53 Å². The number of benzene rings is 2. The molecule has 0 aliphatic carbocycles. The molecular formula is C24H33NO4Si. The summed E-state index contributed by atoms with van der Waals surface area (Å²) in [6.45, 7) is 12.6. The van der Waals surface area contributed by atoms with Gasteiger partial charge in [-0.2, -0.15) is 0 Å². The van der Waals surface area contributed by atoms with Crippen LogP contribution in [-0.2, 0) is 22.2 Å². The minimum absolute atomic E-state index is 0.000703. The van der Waals surface area contributed by atoms with Crippen molar-refractivity contribution >= 4 is 20.2 Å². The second-order valence-corrected chi connectivity index (χ2v) is 13.9. The van der Waals surface area contributed by atoms with Crippen molar-refractivity contribution in [3.8, 4) is 0 Å². The van der Waals surface area contributed by atoms with E-state index in [9.17, 15) is 9.59 Å². The monoisotopic (exact) mass is 427 g/mol. The highest BCUT2D eigenvalue weighted by Crippen LogP contribution is 2.36. The van der Waals surface area contributed by atoms with Gasteiger partial charge in [-0.25, -0.2) is 4.79 Å². The molecular weight excluding hydrogens is 394 g/mol. The zero-order valence-corrected chi connectivity index (χ0v) is 19.6. The molecule has 0 spiro atoms. The lowest BCUT2D eigenvalue weighted by atomic mass is 10.1. The van der Waals surface area contributed by atoms with Gasteiger partial charge in [0.1, 0.15) is 0 Å². The third kappa shape index (κ3) is 6.81. The second kappa shape index (κ2) is 10.0. The molecule has 0 bridgehead atoms. The van der Waals surface area contributed by atoms with Crippen molar-refractivity contribution in [3.63, 3.8) is 0 Å². The standard InChI is InChI=1S/C24H33NO4Si/c1-24(2,3)30(4,5)29-16-15-25(18-20-9-7-6-8-10-20)22(26)17-19-11-13-21(14-12-19)23(27)28/h6-14H,15-18H2,1-5H3,(H,27,28). The SMILES string of the molecule is CC(C)(C)[Si](C)(C)OCCN(Cc1ccccc1)C(=O)Cc1ccc(C(=O)O)cc1. The number of hydrogen-bond donors (Lipinski definition) is 1. The highest BCUT2D eigenvalue weighted by atomic mass is 28.4. The lowest BCUT2D eigenvalue weighted by Gasteiger charge is -2.37. The fourth-order valence-electron chi connectivity index (χ4n) is 2.77. The van der Waals surface area contributed by atoms with Gasteiger partial charge in [0.05, 0.1) is 18.6 Å². The van der Waals surface area contributed by atoms with E-state index in [2.05, 4.69) is 33.9 Å². The molecule has 2 rings (SSSR count). The molecule has 6 heteroatoms. The minimum Gasteiger partial charge on any atom is -0.478 e. The molecule has 0 saturated heterocycles. The number of aromatic carboxylic acids is 1. The zero-order chi connectivity index (χ0) is 22.4. The average molecular weight is 428 g/mol. The highest BCUT2D eigenvalue weighted by Gasteiger charge is 2.37. The van der Waals surface area contributed by atoms with E-state index in [1.165, 1.54) is 12.1 Å². The summed E-state index contributed by atoms with van der Waals surface area (Å²) in [4.78, 5) is 25.9. The van der Waals surface area contributed by atoms with Crippen LogP contribution in [0.25, 0.3) is 0 Å². The van der Waals surface area contributed by atoms with Crippen LogP contribution < -0.4 is 0 Å². The second-order valence-electron chi connectivity index (χ2n) is 9.09. The first-order valence-electron chi connectivity index (χ1n) is 10.3. The summed E-state index contributed by atoms with van der Waals surface area (Å²) in [6.07, 6.45) is 0.229. The molecule has 0 saturated carbocycles. The third-order valence-corrected chi connectivity index (χ3v) is 10.3. The molecule has 0 atom stereocenters. The van der Waals surface area contributed by atoms with E-state index < -0.39 is 14.3 Å². The zero-order valence-electron chi connectivity index (χ0n) is 18.6. The normalized spacial score (nSPS) is 11.9. The Morgan fingerprint density at radius 2 is 1.57 bits per heavy atom. The lowest BCUT2D eigenvalue weighted by Crippen LogP contribution is -2.43. The number of carbonyl (C=O) groups is 2. The van der Waals surface area contributed by atoms with Crippen molar-refractivity contribution in [1.29, 1.82) is 0 Å². The van der Waals surface area contributed by atoms with Crippen LogP contribution >= 0.6 is 0 Å². The quantitative estimate of drug-likeness (QED) is 0.573.